The Balaban J connectivity index is 2.09. The zero-order chi connectivity index (χ0) is 17.2. The molecule has 24 heavy (non-hydrogen) atoms. The smallest absolute Gasteiger partial charge is 0.137 e. The average molecular weight is 321 g/mol. The molecule has 0 aliphatic carbocycles. The fraction of sp³-hybridized carbons (Fsp3) is 0.409. The molecule has 2 aromatic carbocycles. The molecule has 2 rings (SSSR count). The lowest BCUT2D eigenvalue weighted by molar-refractivity contribution is 0.308. The van der Waals surface area contributed by atoms with Crippen LogP contribution in [0.5, 0.6) is 5.75 Å². The molecular formula is C22H27NO. The number of nitrogens with zero attached hydrogens (tertiary/aromatic N) is 1. The summed E-state index contributed by atoms with van der Waals surface area (Å²) >= 11 is 0. The van der Waals surface area contributed by atoms with Crippen LogP contribution in [0.25, 0.3) is 11.1 Å². The third-order valence-corrected chi connectivity index (χ3v) is 4.21. The zero-order valence-corrected chi connectivity index (χ0v) is 14.8. The summed E-state index contributed by atoms with van der Waals surface area (Å²) in [7, 11) is 0. The number of benzene rings is 2. The second-order valence-corrected chi connectivity index (χ2v) is 6.18. The van der Waals surface area contributed by atoms with Crippen molar-refractivity contribution >= 4 is 0 Å². The van der Waals surface area contributed by atoms with Gasteiger partial charge in [-0.2, -0.15) is 5.26 Å². The molecule has 0 aliphatic rings. The monoisotopic (exact) mass is 321 g/mol. The van der Waals surface area contributed by atoms with Gasteiger partial charge >= 0.3 is 0 Å². The third-order valence-electron chi connectivity index (χ3n) is 4.21. The van der Waals surface area contributed by atoms with Gasteiger partial charge in [0.2, 0.25) is 0 Å². The number of ether oxygens (including phenoxy) is 1. The molecule has 0 spiro atoms. The Labute approximate surface area is 146 Å². The minimum Gasteiger partial charge on any atom is -0.492 e. The number of unbranched alkanes of at least 4 members (excludes halogenated alkanes) is 3. The van der Waals surface area contributed by atoms with Gasteiger partial charge in [0.25, 0.3) is 0 Å². The van der Waals surface area contributed by atoms with Crippen LogP contribution in [0.2, 0.25) is 0 Å². The maximum absolute atomic E-state index is 9.38. The molecule has 0 radical (unpaired) electrons. The van der Waals surface area contributed by atoms with Crippen LogP contribution in [0.15, 0.2) is 42.5 Å². The minimum atomic E-state index is 0.607. The van der Waals surface area contributed by atoms with Gasteiger partial charge in [-0.25, -0.2) is 0 Å². The van der Waals surface area contributed by atoms with E-state index in [0.717, 1.165) is 30.4 Å². The first-order valence-electron chi connectivity index (χ1n) is 9.04. The van der Waals surface area contributed by atoms with E-state index in [1.54, 1.807) is 0 Å². The maximum Gasteiger partial charge on any atom is 0.137 e. The normalized spacial score (nSPS) is 10.4. The summed E-state index contributed by atoms with van der Waals surface area (Å²) in [5.41, 5.74) is 4.20. The van der Waals surface area contributed by atoms with E-state index in [9.17, 15) is 5.26 Å². The molecule has 0 aromatic heterocycles. The van der Waals surface area contributed by atoms with Crippen molar-refractivity contribution < 1.29 is 4.74 Å². The Morgan fingerprint density at radius 2 is 1.58 bits per heavy atom. The second-order valence-electron chi connectivity index (χ2n) is 6.18. The van der Waals surface area contributed by atoms with Gasteiger partial charge in [-0.1, -0.05) is 63.4 Å². The molecule has 0 saturated carbocycles. The molecule has 0 fully saturated rings. The van der Waals surface area contributed by atoms with E-state index in [1.807, 2.05) is 18.2 Å². The van der Waals surface area contributed by atoms with E-state index in [2.05, 4.69) is 44.2 Å². The molecule has 2 nitrogen and oxygen atoms in total. The molecule has 0 bridgehead atoms. The summed E-state index contributed by atoms with van der Waals surface area (Å²) in [5, 5.41) is 9.38. The molecule has 0 unspecified atom stereocenters. The molecule has 0 heterocycles. The van der Waals surface area contributed by atoms with Crippen molar-refractivity contribution in [2.24, 2.45) is 0 Å². The van der Waals surface area contributed by atoms with Crippen LogP contribution in [-0.2, 0) is 6.42 Å². The van der Waals surface area contributed by atoms with Gasteiger partial charge in [0.05, 0.1) is 12.2 Å². The predicted molar refractivity (Wildman–Crippen MR) is 100 cm³/mol. The third kappa shape index (κ3) is 5.13. The number of rotatable bonds is 9. The standard InChI is InChI=1S/C22H27NO/c1-3-5-7-8-18-9-11-19(12-10-18)20-13-14-22(21(16-20)17-23)24-15-6-4-2/h9-14,16H,3-8,15H2,1-2H3. The first-order valence-corrected chi connectivity index (χ1v) is 9.04. The largest absolute Gasteiger partial charge is 0.492 e. The van der Waals surface area contributed by atoms with Crippen LogP contribution < -0.4 is 4.74 Å². The fourth-order valence-corrected chi connectivity index (χ4v) is 2.69. The number of hydrogen-bond acceptors (Lipinski definition) is 2. The van der Waals surface area contributed by atoms with Crippen molar-refractivity contribution in [1.82, 2.24) is 0 Å². The molecule has 0 amide bonds. The summed E-state index contributed by atoms with van der Waals surface area (Å²) in [6.07, 6.45) is 7.02. The van der Waals surface area contributed by atoms with Gasteiger partial charge in [0.15, 0.2) is 0 Å². The lowest BCUT2D eigenvalue weighted by Crippen LogP contribution is -1.98. The molecule has 2 aromatic rings. The summed E-state index contributed by atoms with van der Waals surface area (Å²) in [4.78, 5) is 0. The quantitative estimate of drug-likeness (QED) is 0.520. The van der Waals surface area contributed by atoms with Crippen molar-refractivity contribution in [3.05, 3.63) is 53.6 Å². The van der Waals surface area contributed by atoms with Crippen LogP contribution in [0.1, 0.15) is 57.1 Å². The summed E-state index contributed by atoms with van der Waals surface area (Å²) < 4.78 is 5.71. The van der Waals surface area contributed by atoms with Gasteiger partial charge < -0.3 is 4.74 Å². The van der Waals surface area contributed by atoms with Crippen molar-refractivity contribution in [3.63, 3.8) is 0 Å². The Morgan fingerprint density at radius 1 is 0.875 bits per heavy atom. The highest BCUT2D eigenvalue weighted by Gasteiger charge is 2.06. The number of hydrogen-bond donors (Lipinski definition) is 0. The van der Waals surface area contributed by atoms with Crippen LogP contribution in [-0.4, -0.2) is 6.61 Å². The van der Waals surface area contributed by atoms with E-state index >= 15 is 0 Å². The first kappa shape index (κ1) is 18.1. The van der Waals surface area contributed by atoms with Crippen LogP contribution in [0.4, 0.5) is 0 Å². The lowest BCUT2D eigenvalue weighted by atomic mass is 10.00. The van der Waals surface area contributed by atoms with Gasteiger partial charge in [-0.15, -0.1) is 0 Å². The average Bonchev–Trinajstić information content (AvgIpc) is 2.63. The van der Waals surface area contributed by atoms with Gasteiger partial charge in [0, 0.05) is 0 Å². The lowest BCUT2D eigenvalue weighted by Gasteiger charge is -2.10. The van der Waals surface area contributed by atoms with E-state index in [4.69, 9.17) is 4.74 Å². The van der Waals surface area contributed by atoms with Crippen LogP contribution >= 0.6 is 0 Å². The molecule has 0 saturated heterocycles. The number of aryl methyl sites for hydroxylation is 1. The van der Waals surface area contributed by atoms with Crippen molar-refractivity contribution in [1.29, 1.82) is 5.26 Å². The highest BCUT2D eigenvalue weighted by atomic mass is 16.5. The van der Waals surface area contributed by atoms with Crippen molar-refractivity contribution in [3.8, 4) is 22.9 Å². The minimum absolute atomic E-state index is 0.607. The molecule has 0 atom stereocenters. The van der Waals surface area contributed by atoms with Crippen LogP contribution in [0, 0.1) is 11.3 Å². The highest BCUT2D eigenvalue weighted by Crippen LogP contribution is 2.27. The molecule has 126 valence electrons. The second kappa shape index (κ2) is 9.78. The highest BCUT2D eigenvalue weighted by molar-refractivity contribution is 5.67. The van der Waals surface area contributed by atoms with Crippen molar-refractivity contribution in [2.75, 3.05) is 6.61 Å². The Bertz CT molecular complexity index is 667. The topological polar surface area (TPSA) is 33.0 Å². The SMILES string of the molecule is CCCCCc1ccc(-c2ccc(OCCCC)c(C#N)c2)cc1. The first-order chi connectivity index (χ1) is 11.8. The summed E-state index contributed by atoms with van der Waals surface area (Å²) in [5.74, 6) is 0.686. The maximum atomic E-state index is 9.38. The zero-order valence-electron chi connectivity index (χ0n) is 14.8. The van der Waals surface area contributed by atoms with E-state index in [-0.39, 0.29) is 0 Å². The van der Waals surface area contributed by atoms with E-state index in [0.29, 0.717) is 17.9 Å². The van der Waals surface area contributed by atoms with Crippen LogP contribution in [0.3, 0.4) is 0 Å². The molecular weight excluding hydrogens is 294 g/mol. The van der Waals surface area contributed by atoms with Gasteiger partial charge in [-0.3, -0.25) is 0 Å². The van der Waals surface area contributed by atoms with Gasteiger partial charge in [-0.05, 0) is 48.1 Å². The predicted octanol–water partition coefficient (Wildman–Crippen LogP) is 6.14. The Kier molecular flexibility index (Phi) is 7.36. The Morgan fingerprint density at radius 3 is 2.25 bits per heavy atom. The van der Waals surface area contributed by atoms with Crippen molar-refractivity contribution in [2.45, 2.75) is 52.4 Å². The Hall–Kier alpha value is -2.27. The number of nitriles is 1. The van der Waals surface area contributed by atoms with E-state index < -0.39 is 0 Å². The fourth-order valence-electron chi connectivity index (χ4n) is 2.69. The molecule has 0 aliphatic heterocycles. The summed E-state index contributed by atoms with van der Waals surface area (Å²) in [6, 6.07) is 16.8. The van der Waals surface area contributed by atoms with E-state index in [1.165, 1.54) is 24.8 Å². The summed E-state index contributed by atoms with van der Waals surface area (Å²) in [6.45, 7) is 5.02. The molecule has 0 N–H and O–H groups in total. The van der Waals surface area contributed by atoms with Gasteiger partial charge in [0.1, 0.15) is 11.8 Å². The molecule has 2 heteroatoms.